The Bertz CT molecular complexity index is 1080. The standard InChI is InChI=1S/C28H39ClFN5O5/c29-23-13-31-27(32-14-23)34-7-5-20(6-8-34)2-1-9-40-24-4-3-22(25(30)11-24)10-26(39)35-15-21(16-35)12-33-28(17-36,18-37)19-38/h3-4,11,13-14,20-21,33,36-38H,1-2,5-10,12,15-19H2. The van der Waals surface area contributed by atoms with E-state index in [4.69, 9.17) is 16.3 Å². The normalized spacial score (nSPS) is 16.7. The first kappa shape index (κ1) is 30.4. The summed E-state index contributed by atoms with van der Waals surface area (Å²) >= 11 is 5.87. The van der Waals surface area contributed by atoms with Crippen LogP contribution in [0.4, 0.5) is 10.3 Å². The number of hydrogen-bond acceptors (Lipinski definition) is 9. The van der Waals surface area contributed by atoms with Crippen molar-refractivity contribution in [3.8, 4) is 5.75 Å². The largest absolute Gasteiger partial charge is 0.493 e. The summed E-state index contributed by atoms with van der Waals surface area (Å²) in [7, 11) is 0. The first-order valence-electron chi connectivity index (χ1n) is 13.8. The van der Waals surface area contributed by atoms with Gasteiger partial charge in [-0.25, -0.2) is 14.4 Å². The maximum atomic E-state index is 14.7. The monoisotopic (exact) mass is 579 g/mol. The molecule has 12 heteroatoms. The van der Waals surface area contributed by atoms with Gasteiger partial charge < -0.3 is 35.2 Å². The van der Waals surface area contributed by atoms with E-state index < -0.39 is 31.2 Å². The van der Waals surface area contributed by atoms with Gasteiger partial charge in [0.1, 0.15) is 11.6 Å². The molecule has 2 saturated heterocycles. The molecule has 2 aromatic rings. The van der Waals surface area contributed by atoms with Gasteiger partial charge in [-0.15, -0.1) is 0 Å². The number of rotatable bonds is 14. The Morgan fingerprint density at radius 2 is 1.77 bits per heavy atom. The lowest BCUT2D eigenvalue weighted by molar-refractivity contribution is -0.136. The SMILES string of the molecule is O=C(Cc1ccc(OCCCC2CCN(c3ncc(Cl)cn3)CC2)cc1F)N1CC(CNC(CO)(CO)CO)C1. The van der Waals surface area contributed by atoms with Crippen LogP contribution in [0.2, 0.25) is 5.02 Å². The predicted molar refractivity (Wildman–Crippen MR) is 149 cm³/mol. The lowest BCUT2D eigenvalue weighted by Gasteiger charge is -2.41. The molecule has 3 heterocycles. The molecule has 4 rings (SSSR count). The van der Waals surface area contributed by atoms with Crippen molar-refractivity contribution in [3.05, 3.63) is 47.0 Å². The highest BCUT2D eigenvalue weighted by Crippen LogP contribution is 2.25. The van der Waals surface area contributed by atoms with Crippen molar-refractivity contribution in [1.29, 1.82) is 0 Å². The molecule has 0 radical (unpaired) electrons. The predicted octanol–water partition coefficient (Wildman–Crippen LogP) is 1.65. The average Bonchev–Trinajstić information content (AvgIpc) is 2.95. The molecular formula is C28H39ClFN5O5. The summed E-state index contributed by atoms with van der Waals surface area (Å²) in [6, 6.07) is 4.65. The first-order valence-corrected chi connectivity index (χ1v) is 14.2. The summed E-state index contributed by atoms with van der Waals surface area (Å²) in [5.41, 5.74) is -0.806. The molecule has 0 unspecified atom stereocenters. The van der Waals surface area contributed by atoms with Gasteiger partial charge in [-0.2, -0.15) is 0 Å². The van der Waals surface area contributed by atoms with E-state index in [2.05, 4.69) is 20.2 Å². The van der Waals surface area contributed by atoms with E-state index in [-0.39, 0.29) is 18.2 Å². The topological polar surface area (TPSA) is 131 Å². The van der Waals surface area contributed by atoms with Crippen LogP contribution in [0.15, 0.2) is 30.6 Å². The molecule has 1 aromatic carbocycles. The third-order valence-electron chi connectivity index (χ3n) is 7.88. The van der Waals surface area contributed by atoms with Gasteiger partial charge in [0.05, 0.1) is 55.8 Å². The highest BCUT2D eigenvalue weighted by atomic mass is 35.5. The maximum Gasteiger partial charge on any atom is 0.227 e. The molecule has 0 bridgehead atoms. The number of nitrogens with one attached hydrogen (secondary N) is 1. The summed E-state index contributed by atoms with van der Waals surface area (Å²) in [4.78, 5) is 25.0. The number of likely N-dealkylation sites (tertiary alicyclic amines) is 1. The van der Waals surface area contributed by atoms with E-state index in [9.17, 15) is 24.5 Å². The minimum Gasteiger partial charge on any atom is -0.493 e. The van der Waals surface area contributed by atoms with Crippen LogP contribution in [0.1, 0.15) is 31.2 Å². The summed E-state index contributed by atoms with van der Waals surface area (Å²) in [5.74, 6) is 1.30. The molecule has 1 amide bonds. The van der Waals surface area contributed by atoms with E-state index >= 15 is 0 Å². The second-order valence-corrected chi connectivity index (χ2v) is 11.3. The van der Waals surface area contributed by atoms with Crippen molar-refractivity contribution in [1.82, 2.24) is 20.2 Å². The quantitative estimate of drug-likeness (QED) is 0.247. The molecule has 0 aliphatic carbocycles. The van der Waals surface area contributed by atoms with Gasteiger partial charge in [-0.05, 0) is 43.2 Å². The Kier molecular flexibility index (Phi) is 10.9. The van der Waals surface area contributed by atoms with Crippen LogP contribution in [0.25, 0.3) is 0 Å². The molecule has 10 nitrogen and oxygen atoms in total. The number of aliphatic hydroxyl groups is 3. The summed E-state index contributed by atoms with van der Waals surface area (Å²) < 4.78 is 20.5. The molecule has 4 N–H and O–H groups in total. The number of carbonyl (C=O) groups is 1. The van der Waals surface area contributed by atoms with Crippen LogP contribution in [-0.2, 0) is 11.2 Å². The van der Waals surface area contributed by atoms with Gasteiger partial charge in [0.25, 0.3) is 0 Å². The van der Waals surface area contributed by atoms with Crippen molar-refractivity contribution >= 4 is 23.5 Å². The number of halogens is 2. The molecule has 2 fully saturated rings. The fourth-order valence-corrected chi connectivity index (χ4v) is 5.17. The summed E-state index contributed by atoms with van der Waals surface area (Å²) in [6.45, 7) is 2.59. The number of ether oxygens (including phenoxy) is 1. The molecule has 0 spiro atoms. The van der Waals surface area contributed by atoms with Crippen LogP contribution in [0.5, 0.6) is 5.75 Å². The van der Waals surface area contributed by atoms with Gasteiger partial charge in [-0.1, -0.05) is 17.7 Å². The number of aromatic nitrogens is 2. The highest BCUT2D eigenvalue weighted by Gasteiger charge is 2.34. The van der Waals surface area contributed by atoms with Gasteiger partial charge >= 0.3 is 0 Å². The Morgan fingerprint density at radius 3 is 2.40 bits per heavy atom. The van der Waals surface area contributed by atoms with E-state index in [1.807, 2.05) is 0 Å². The zero-order valence-electron chi connectivity index (χ0n) is 22.6. The Hall–Kier alpha value is -2.57. The second-order valence-electron chi connectivity index (χ2n) is 10.9. The number of anilines is 1. The van der Waals surface area contributed by atoms with Gasteiger partial charge in [-0.3, -0.25) is 4.79 Å². The number of nitrogens with zero attached hydrogens (tertiary/aromatic N) is 4. The molecule has 1 aromatic heterocycles. The molecule has 40 heavy (non-hydrogen) atoms. The molecule has 220 valence electrons. The lowest BCUT2D eigenvalue weighted by atomic mass is 9.92. The summed E-state index contributed by atoms with van der Waals surface area (Å²) in [5, 5.41) is 31.7. The van der Waals surface area contributed by atoms with Crippen molar-refractivity contribution in [2.24, 2.45) is 11.8 Å². The minimum absolute atomic E-state index is 0.0279. The molecular weight excluding hydrogens is 541 g/mol. The lowest BCUT2D eigenvalue weighted by Crippen LogP contribution is -2.60. The third-order valence-corrected chi connectivity index (χ3v) is 8.07. The number of amides is 1. The van der Waals surface area contributed by atoms with Crippen LogP contribution in [-0.4, -0.2) is 101 Å². The van der Waals surface area contributed by atoms with Gasteiger partial charge in [0, 0.05) is 44.7 Å². The molecule has 2 aliphatic rings. The average molecular weight is 580 g/mol. The van der Waals surface area contributed by atoms with E-state index in [1.165, 1.54) is 6.07 Å². The number of benzene rings is 1. The maximum absolute atomic E-state index is 14.7. The number of hydrogen-bond donors (Lipinski definition) is 4. The van der Waals surface area contributed by atoms with Crippen molar-refractivity contribution < 1.29 is 29.2 Å². The third kappa shape index (κ3) is 8.01. The van der Waals surface area contributed by atoms with Crippen molar-refractivity contribution in [3.63, 3.8) is 0 Å². The Balaban J connectivity index is 1.12. The van der Waals surface area contributed by atoms with Crippen LogP contribution < -0.4 is 15.0 Å². The van der Waals surface area contributed by atoms with Crippen molar-refractivity contribution in [2.75, 3.05) is 64.1 Å². The molecule has 0 atom stereocenters. The zero-order valence-corrected chi connectivity index (χ0v) is 23.4. The number of aliphatic hydroxyl groups excluding tert-OH is 3. The summed E-state index contributed by atoms with van der Waals surface area (Å²) in [6.07, 6.45) is 7.25. The Labute approximate surface area is 239 Å². The van der Waals surface area contributed by atoms with E-state index in [0.717, 1.165) is 38.8 Å². The van der Waals surface area contributed by atoms with Gasteiger partial charge in [0.2, 0.25) is 11.9 Å². The zero-order chi connectivity index (χ0) is 28.5. The smallest absolute Gasteiger partial charge is 0.227 e. The molecule has 2 aliphatic heterocycles. The number of piperidine rings is 1. The highest BCUT2D eigenvalue weighted by molar-refractivity contribution is 6.30. The number of carbonyl (C=O) groups excluding carboxylic acids is 1. The van der Waals surface area contributed by atoms with Crippen LogP contribution in [0, 0.1) is 17.7 Å². The van der Waals surface area contributed by atoms with E-state index in [0.29, 0.717) is 54.4 Å². The second kappa shape index (κ2) is 14.4. The minimum atomic E-state index is -1.14. The fourth-order valence-electron chi connectivity index (χ4n) is 5.07. The van der Waals surface area contributed by atoms with Crippen molar-refractivity contribution in [2.45, 2.75) is 37.6 Å². The Morgan fingerprint density at radius 1 is 1.10 bits per heavy atom. The van der Waals surface area contributed by atoms with Crippen LogP contribution in [0.3, 0.4) is 0 Å². The first-order chi connectivity index (χ1) is 19.3. The van der Waals surface area contributed by atoms with E-state index in [1.54, 1.807) is 29.4 Å². The molecule has 0 saturated carbocycles. The van der Waals surface area contributed by atoms with Crippen LogP contribution >= 0.6 is 11.6 Å². The van der Waals surface area contributed by atoms with Gasteiger partial charge in [0.15, 0.2) is 0 Å². The fraction of sp³-hybridized carbons (Fsp3) is 0.607.